The van der Waals surface area contributed by atoms with E-state index in [1.54, 1.807) is 0 Å². The molecule has 70 valence electrons. The van der Waals surface area contributed by atoms with Crippen molar-refractivity contribution in [2.75, 3.05) is 5.73 Å². The van der Waals surface area contributed by atoms with Gasteiger partial charge in [0.05, 0.1) is 11.8 Å². The molecular weight excluding hydrogens is 176 g/mol. The van der Waals surface area contributed by atoms with Gasteiger partial charge in [0, 0.05) is 12.1 Å². The quantitative estimate of drug-likeness (QED) is 0.716. The van der Waals surface area contributed by atoms with Crippen LogP contribution in [0.25, 0.3) is 0 Å². The van der Waals surface area contributed by atoms with Gasteiger partial charge in [0.1, 0.15) is 5.82 Å². The second-order valence-electron chi connectivity index (χ2n) is 3.12. The van der Waals surface area contributed by atoms with Crippen LogP contribution in [0.4, 0.5) is 14.5 Å². The second kappa shape index (κ2) is 2.87. The van der Waals surface area contributed by atoms with Gasteiger partial charge in [-0.05, 0) is 12.8 Å². The summed E-state index contributed by atoms with van der Waals surface area (Å²) in [6, 6.07) is 1.93. The van der Waals surface area contributed by atoms with Crippen LogP contribution in [0.2, 0.25) is 0 Å². The molecule has 13 heavy (non-hydrogen) atoms. The van der Waals surface area contributed by atoms with Crippen LogP contribution in [0.5, 0.6) is 5.75 Å². The highest BCUT2D eigenvalue weighted by Gasteiger charge is 2.25. The second-order valence-corrected chi connectivity index (χ2v) is 3.12. The predicted octanol–water partition coefficient (Wildman–Crippen LogP) is 2.09. The van der Waals surface area contributed by atoms with Crippen LogP contribution in [0, 0.1) is 11.6 Å². The van der Waals surface area contributed by atoms with Crippen molar-refractivity contribution in [1.82, 2.24) is 0 Å². The maximum atomic E-state index is 13.0. The molecule has 1 saturated carbocycles. The van der Waals surface area contributed by atoms with Crippen molar-refractivity contribution >= 4 is 5.69 Å². The van der Waals surface area contributed by atoms with Crippen LogP contribution in [0.1, 0.15) is 12.8 Å². The summed E-state index contributed by atoms with van der Waals surface area (Å²) in [6.07, 6.45) is 1.87. The highest BCUT2D eigenvalue weighted by molar-refractivity contribution is 5.44. The molecule has 0 saturated heterocycles. The minimum absolute atomic E-state index is 0.0470. The van der Waals surface area contributed by atoms with Gasteiger partial charge in [0.15, 0.2) is 11.6 Å². The molecule has 1 aliphatic rings. The van der Waals surface area contributed by atoms with Crippen molar-refractivity contribution in [2.45, 2.75) is 18.9 Å². The van der Waals surface area contributed by atoms with E-state index < -0.39 is 11.6 Å². The molecule has 0 radical (unpaired) electrons. The Morgan fingerprint density at radius 1 is 1.23 bits per heavy atom. The van der Waals surface area contributed by atoms with Crippen LogP contribution in [0.15, 0.2) is 12.1 Å². The van der Waals surface area contributed by atoms with Crippen LogP contribution < -0.4 is 10.5 Å². The summed E-state index contributed by atoms with van der Waals surface area (Å²) in [7, 11) is 0. The third kappa shape index (κ3) is 1.71. The highest BCUT2D eigenvalue weighted by Crippen LogP contribution is 2.30. The number of nitrogens with two attached hydrogens (primary N) is 1. The van der Waals surface area contributed by atoms with Crippen molar-refractivity contribution in [3.8, 4) is 5.75 Å². The van der Waals surface area contributed by atoms with E-state index in [-0.39, 0.29) is 17.5 Å². The molecule has 1 aromatic rings. The number of hydrogen-bond acceptors (Lipinski definition) is 2. The van der Waals surface area contributed by atoms with Gasteiger partial charge in [0.25, 0.3) is 0 Å². The topological polar surface area (TPSA) is 35.2 Å². The Labute approximate surface area is 74.3 Å². The Balaban J connectivity index is 2.27. The maximum Gasteiger partial charge on any atom is 0.167 e. The molecule has 0 amide bonds. The van der Waals surface area contributed by atoms with Crippen molar-refractivity contribution < 1.29 is 13.5 Å². The predicted molar refractivity (Wildman–Crippen MR) is 44.4 cm³/mol. The normalized spacial score (nSPS) is 15.8. The fourth-order valence-electron chi connectivity index (χ4n) is 1.000. The number of rotatable bonds is 2. The standard InChI is InChI=1S/C9H9F2NO/c10-6-4-9(13-5-1-2-5)7(11)3-8(6)12/h3-5H,1-2,12H2. The van der Waals surface area contributed by atoms with Crippen LogP contribution in [-0.4, -0.2) is 6.10 Å². The van der Waals surface area contributed by atoms with Crippen molar-refractivity contribution in [2.24, 2.45) is 0 Å². The smallest absolute Gasteiger partial charge is 0.167 e. The Morgan fingerprint density at radius 3 is 2.54 bits per heavy atom. The number of ether oxygens (including phenoxy) is 1. The Morgan fingerprint density at radius 2 is 1.92 bits per heavy atom. The first-order valence-electron chi connectivity index (χ1n) is 4.08. The van der Waals surface area contributed by atoms with E-state index in [4.69, 9.17) is 10.5 Å². The van der Waals surface area contributed by atoms with E-state index in [9.17, 15) is 8.78 Å². The Hall–Kier alpha value is -1.32. The average Bonchev–Trinajstić information content (AvgIpc) is 2.84. The molecule has 2 nitrogen and oxygen atoms in total. The minimum atomic E-state index is -0.642. The third-order valence-corrected chi connectivity index (χ3v) is 1.87. The summed E-state index contributed by atoms with van der Waals surface area (Å²) in [6.45, 7) is 0. The van der Waals surface area contributed by atoms with Crippen molar-refractivity contribution in [3.63, 3.8) is 0 Å². The first-order valence-corrected chi connectivity index (χ1v) is 4.08. The summed E-state index contributed by atoms with van der Waals surface area (Å²) in [5.74, 6) is -1.29. The summed E-state index contributed by atoms with van der Waals surface area (Å²) >= 11 is 0. The lowest BCUT2D eigenvalue weighted by atomic mass is 10.3. The average molecular weight is 185 g/mol. The fourth-order valence-corrected chi connectivity index (χ4v) is 1.000. The Kier molecular flexibility index (Phi) is 1.83. The summed E-state index contributed by atoms with van der Waals surface area (Å²) in [5.41, 5.74) is 4.97. The van der Waals surface area contributed by atoms with E-state index in [2.05, 4.69) is 0 Å². The molecule has 0 aliphatic heterocycles. The summed E-state index contributed by atoms with van der Waals surface area (Å²) < 4.78 is 31.0. The summed E-state index contributed by atoms with van der Waals surface area (Å²) in [4.78, 5) is 0. The first kappa shape index (κ1) is 8.29. The molecule has 1 fully saturated rings. The van der Waals surface area contributed by atoms with E-state index in [0.29, 0.717) is 0 Å². The molecule has 1 aromatic carbocycles. The SMILES string of the molecule is Nc1cc(F)c(OC2CC2)cc1F. The van der Waals surface area contributed by atoms with Crippen molar-refractivity contribution in [3.05, 3.63) is 23.8 Å². The molecule has 0 aromatic heterocycles. The number of nitrogen functional groups attached to an aromatic ring is 1. The van der Waals surface area contributed by atoms with Gasteiger partial charge in [0.2, 0.25) is 0 Å². The number of benzene rings is 1. The lowest BCUT2D eigenvalue weighted by Crippen LogP contribution is -2.01. The molecule has 0 unspecified atom stereocenters. The van der Waals surface area contributed by atoms with Gasteiger partial charge in [-0.2, -0.15) is 0 Å². The van der Waals surface area contributed by atoms with E-state index in [1.807, 2.05) is 0 Å². The largest absolute Gasteiger partial charge is 0.487 e. The van der Waals surface area contributed by atoms with Gasteiger partial charge >= 0.3 is 0 Å². The molecule has 2 N–H and O–H groups in total. The molecule has 1 aliphatic carbocycles. The number of hydrogen-bond donors (Lipinski definition) is 1. The first-order chi connectivity index (χ1) is 6.16. The number of halogens is 2. The van der Waals surface area contributed by atoms with E-state index >= 15 is 0 Å². The molecule has 2 rings (SSSR count). The molecule has 0 atom stereocenters. The molecule has 0 heterocycles. The van der Waals surface area contributed by atoms with Crippen molar-refractivity contribution in [1.29, 1.82) is 0 Å². The van der Waals surface area contributed by atoms with Gasteiger partial charge in [-0.3, -0.25) is 0 Å². The molecular formula is C9H9F2NO. The molecule has 0 bridgehead atoms. The lowest BCUT2D eigenvalue weighted by molar-refractivity contribution is 0.286. The molecule has 4 heteroatoms. The fraction of sp³-hybridized carbons (Fsp3) is 0.333. The van der Waals surface area contributed by atoms with Gasteiger partial charge in [-0.1, -0.05) is 0 Å². The maximum absolute atomic E-state index is 13.0. The minimum Gasteiger partial charge on any atom is -0.487 e. The monoisotopic (exact) mass is 185 g/mol. The zero-order valence-electron chi connectivity index (χ0n) is 6.89. The molecule has 0 spiro atoms. The van der Waals surface area contributed by atoms with E-state index in [0.717, 1.165) is 25.0 Å². The zero-order chi connectivity index (χ0) is 9.42. The van der Waals surface area contributed by atoms with Crippen LogP contribution in [-0.2, 0) is 0 Å². The summed E-state index contributed by atoms with van der Waals surface area (Å²) in [5, 5.41) is 0. The number of anilines is 1. The lowest BCUT2D eigenvalue weighted by Gasteiger charge is -2.06. The van der Waals surface area contributed by atoms with Crippen LogP contribution in [0.3, 0.4) is 0 Å². The Bertz CT molecular complexity index is 337. The van der Waals surface area contributed by atoms with Gasteiger partial charge in [-0.15, -0.1) is 0 Å². The zero-order valence-corrected chi connectivity index (χ0v) is 6.89. The van der Waals surface area contributed by atoms with Crippen LogP contribution >= 0.6 is 0 Å². The van der Waals surface area contributed by atoms with Gasteiger partial charge in [-0.25, -0.2) is 8.78 Å². The highest BCUT2D eigenvalue weighted by atomic mass is 19.1. The third-order valence-electron chi connectivity index (χ3n) is 1.87. The van der Waals surface area contributed by atoms with E-state index in [1.165, 1.54) is 0 Å². The van der Waals surface area contributed by atoms with Gasteiger partial charge < -0.3 is 10.5 Å².